The second kappa shape index (κ2) is 9.89. The van der Waals surface area contributed by atoms with E-state index >= 15 is 0 Å². The van der Waals surface area contributed by atoms with Crippen molar-refractivity contribution in [3.8, 4) is 5.75 Å². The third-order valence-electron chi connectivity index (χ3n) is 4.81. The molecule has 1 aliphatic rings. The predicted octanol–water partition coefficient (Wildman–Crippen LogP) is 3.27. The lowest BCUT2D eigenvalue weighted by atomic mass is 10.2. The molecular weight excluding hydrogens is 388 g/mol. The molecule has 1 saturated carbocycles. The summed E-state index contributed by atoms with van der Waals surface area (Å²) in [6, 6.07) is 14.0. The molecule has 29 heavy (non-hydrogen) atoms. The molecule has 6 nitrogen and oxygen atoms in total. The first-order valence-electron chi connectivity index (χ1n) is 10.0. The van der Waals surface area contributed by atoms with Crippen LogP contribution in [0.25, 0.3) is 0 Å². The highest BCUT2D eigenvalue weighted by atomic mass is 32.2. The summed E-state index contributed by atoms with van der Waals surface area (Å²) in [6.07, 6.45) is 3.73. The van der Waals surface area contributed by atoms with Crippen molar-refractivity contribution >= 4 is 15.9 Å². The minimum Gasteiger partial charge on any atom is -0.494 e. The van der Waals surface area contributed by atoms with Crippen molar-refractivity contribution in [2.45, 2.75) is 37.5 Å². The first kappa shape index (κ1) is 21.3. The summed E-state index contributed by atoms with van der Waals surface area (Å²) in [6.45, 7) is 3.58. The van der Waals surface area contributed by atoms with Crippen LogP contribution in [0.4, 0.5) is 0 Å². The summed E-state index contributed by atoms with van der Waals surface area (Å²) in [4.78, 5) is 12.5. The van der Waals surface area contributed by atoms with Crippen LogP contribution in [-0.4, -0.2) is 34.0 Å². The summed E-state index contributed by atoms with van der Waals surface area (Å²) in [7, 11) is -3.58. The Labute approximate surface area is 172 Å². The number of unbranched alkanes of at least 4 members (excludes halogenated alkanes) is 1. The van der Waals surface area contributed by atoms with Crippen LogP contribution in [0.2, 0.25) is 0 Å². The summed E-state index contributed by atoms with van der Waals surface area (Å²) in [5.74, 6) is 1.02. The molecule has 156 valence electrons. The van der Waals surface area contributed by atoms with Crippen LogP contribution in [-0.2, 0) is 10.0 Å². The van der Waals surface area contributed by atoms with Gasteiger partial charge in [0.2, 0.25) is 10.0 Å². The van der Waals surface area contributed by atoms with Gasteiger partial charge in [0.05, 0.1) is 11.5 Å². The number of amides is 1. The predicted molar refractivity (Wildman–Crippen MR) is 113 cm³/mol. The fraction of sp³-hybridized carbons (Fsp3) is 0.409. The van der Waals surface area contributed by atoms with E-state index in [0.717, 1.165) is 31.4 Å². The van der Waals surface area contributed by atoms with Gasteiger partial charge in [-0.1, -0.05) is 23.8 Å². The summed E-state index contributed by atoms with van der Waals surface area (Å²) in [5.41, 5.74) is 1.53. The molecule has 1 fully saturated rings. The zero-order chi connectivity index (χ0) is 20.7. The summed E-state index contributed by atoms with van der Waals surface area (Å²) >= 11 is 0. The number of ether oxygens (including phenoxy) is 1. The van der Waals surface area contributed by atoms with Gasteiger partial charge in [-0.15, -0.1) is 0 Å². The largest absolute Gasteiger partial charge is 0.494 e. The van der Waals surface area contributed by atoms with E-state index in [9.17, 15) is 13.2 Å². The van der Waals surface area contributed by atoms with E-state index in [4.69, 9.17) is 4.74 Å². The van der Waals surface area contributed by atoms with Gasteiger partial charge < -0.3 is 10.1 Å². The van der Waals surface area contributed by atoms with Crippen LogP contribution in [0.15, 0.2) is 53.4 Å². The van der Waals surface area contributed by atoms with Crippen molar-refractivity contribution in [1.82, 2.24) is 10.0 Å². The number of aryl methyl sites for hydroxylation is 1. The maximum absolute atomic E-state index is 12.4. The van der Waals surface area contributed by atoms with Crippen molar-refractivity contribution in [3.05, 3.63) is 59.7 Å². The smallest absolute Gasteiger partial charge is 0.251 e. The molecule has 0 spiro atoms. The van der Waals surface area contributed by atoms with Crippen LogP contribution in [0.5, 0.6) is 5.75 Å². The topological polar surface area (TPSA) is 84.5 Å². The number of carbonyl (C=O) groups is 1. The van der Waals surface area contributed by atoms with E-state index in [0.29, 0.717) is 31.2 Å². The second-order valence-corrected chi connectivity index (χ2v) is 9.21. The van der Waals surface area contributed by atoms with Crippen LogP contribution >= 0.6 is 0 Å². The van der Waals surface area contributed by atoms with Crippen molar-refractivity contribution in [2.24, 2.45) is 5.92 Å². The minimum absolute atomic E-state index is 0.122. The number of hydrogen-bond acceptors (Lipinski definition) is 4. The number of hydrogen-bond donors (Lipinski definition) is 2. The van der Waals surface area contributed by atoms with Gasteiger partial charge in [0.1, 0.15) is 5.75 Å². The second-order valence-electron chi connectivity index (χ2n) is 7.45. The van der Waals surface area contributed by atoms with Crippen molar-refractivity contribution in [3.63, 3.8) is 0 Å². The van der Waals surface area contributed by atoms with Gasteiger partial charge in [-0.05, 0) is 68.9 Å². The third-order valence-corrected chi connectivity index (χ3v) is 6.23. The average molecular weight is 417 g/mol. The van der Waals surface area contributed by atoms with Crippen molar-refractivity contribution in [2.75, 3.05) is 19.7 Å². The normalized spacial score (nSPS) is 13.8. The minimum atomic E-state index is -3.58. The molecule has 0 saturated heterocycles. The van der Waals surface area contributed by atoms with E-state index < -0.39 is 10.0 Å². The highest BCUT2D eigenvalue weighted by molar-refractivity contribution is 7.89. The molecule has 0 heterocycles. The van der Waals surface area contributed by atoms with Gasteiger partial charge in [-0.2, -0.15) is 0 Å². The summed E-state index contributed by atoms with van der Waals surface area (Å²) in [5, 5.41) is 2.83. The average Bonchev–Trinajstić information content (AvgIpc) is 3.55. The van der Waals surface area contributed by atoms with Gasteiger partial charge in [-0.3, -0.25) is 4.79 Å². The van der Waals surface area contributed by atoms with E-state index in [1.165, 1.54) is 17.7 Å². The molecule has 2 N–H and O–H groups in total. The molecular formula is C22H28N2O4S. The fourth-order valence-corrected chi connectivity index (χ4v) is 3.95. The van der Waals surface area contributed by atoms with Crippen molar-refractivity contribution < 1.29 is 17.9 Å². The Balaban J connectivity index is 1.40. The first-order chi connectivity index (χ1) is 13.9. The fourth-order valence-electron chi connectivity index (χ4n) is 2.79. The lowest BCUT2D eigenvalue weighted by Crippen LogP contribution is -2.27. The molecule has 2 aromatic carbocycles. The maximum Gasteiger partial charge on any atom is 0.251 e. The number of sulfonamides is 1. The van der Waals surface area contributed by atoms with E-state index in [2.05, 4.69) is 10.0 Å². The lowest BCUT2D eigenvalue weighted by molar-refractivity contribution is 0.0952. The third kappa shape index (κ3) is 6.87. The van der Waals surface area contributed by atoms with Gasteiger partial charge in [0.25, 0.3) is 5.91 Å². The van der Waals surface area contributed by atoms with Crippen LogP contribution in [0, 0.1) is 12.8 Å². The molecule has 3 rings (SSSR count). The number of nitrogens with one attached hydrogen (secondary N) is 2. The molecule has 0 radical (unpaired) electrons. The zero-order valence-electron chi connectivity index (χ0n) is 16.7. The molecule has 1 amide bonds. The molecule has 0 bridgehead atoms. The first-order valence-corrected chi connectivity index (χ1v) is 11.5. The number of carbonyl (C=O) groups excluding carboxylic acids is 1. The molecule has 7 heteroatoms. The molecule has 0 atom stereocenters. The SMILES string of the molecule is Cc1ccc(OCCCCNC(=O)c2cccc(S(=O)(=O)NCC3CC3)c2)cc1. The van der Waals surface area contributed by atoms with Crippen LogP contribution < -0.4 is 14.8 Å². The van der Waals surface area contributed by atoms with Gasteiger partial charge in [-0.25, -0.2) is 13.1 Å². The quantitative estimate of drug-likeness (QED) is 0.551. The van der Waals surface area contributed by atoms with Gasteiger partial charge >= 0.3 is 0 Å². The highest BCUT2D eigenvalue weighted by Crippen LogP contribution is 2.28. The molecule has 0 aliphatic heterocycles. The Morgan fingerprint density at radius 3 is 2.59 bits per heavy atom. The van der Waals surface area contributed by atoms with Crippen molar-refractivity contribution in [1.29, 1.82) is 0 Å². The van der Waals surface area contributed by atoms with Gasteiger partial charge in [0.15, 0.2) is 0 Å². The molecule has 0 unspecified atom stereocenters. The standard InChI is InChI=1S/C22H28N2O4S/c1-17-7-11-20(12-8-17)28-14-3-2-13-23-22(25)19-5-4-6-21(15-19)29(26,27)24-16-18-9-10-18/h4-8,11-12,15,18,24H,2-3,9-10,13-14,16H2,1H3,(H,23,25). The Bertz CT molecular complexity index is 922. The van der Waals surface area contributed by atoms with Crippen LogP contribution in [0.3, 0.4) is 0 Å². The summed E-state index contributed by atoms with van der Waals surface area (Å²) < 4.78 is 33.0. The number of benzene rings is 2. The van der Waals surface area contributed by atoms with Crippen LogP contribution in [0.1, 0.15) is 41.6 Å². The molecule has 0 aromatic heterocycles. The maximum atomic E-state index is 12.4. The Morgan fingerprint density at radius 2 is 1.86 bits per heavy atom. The van der Waals surface area contributed by atoms with E-state index in [-0.39, 0.29) is 10.8 Å². The van der Waals surface area contributed by atoms with Gasteiger partial charge in [0, 0.05) is 18.7 Å². The highest BCUT2D eigenvalue weighted by Gasteiger charge is 2.24. The Hall–Kier alpha value is -2.38. The molecule has 1 aliphatic carbocycles. The Morgan fingerprint density at radius 1 is 1.10 bits per heavy atom. The zero-order valence-corrected chi connectivity index (χ0v) is 17.5. The Kier molecular flexibility index (Phi) is 7.28. The monoisotopic (exact) mass is 416 g/mol. The molecule has 2 aromatic rings. The van der Waals surface area contributed by atoms with E-state index in [1.807, 2.05) is 31.2 Å². The number of rotatable bonds is 11. The lowest BCUT2D eigenvalue weighted by Gasteiger charge is -2.09. The van der Waals surface area contributed by atoms with E-state index in [1.54, 1.807) is 12.1 Å².